The van der Waals surface area contributed by atoms with E-state index in [0.717, 1.165) is 25.9 Å². The molecule has 1 N–H and O–H groups in total. The van der Waals surface area contributed by atoms with Crippen molar-refractivity contribution >= 4 is 18.2 Å². The molecule has 1 aromatic rings. The number of hydrogen-bond donors (Lipinski definition) is 1. The Labute approximate surface area is 124 Å². The third kappa shape index (κ3) is 2.13. The Bertz CT molecular complexity index is 518. The number of halogens is 1. The zero-order valence-corrected chi connectivity index (χ0v) is 12.2. The van der Waals surface area contributed by atoms with Crippen molar-refractivity contribution < 1.29 is 9.53 Å². The van der Waals surface area contributed by atoms with E-state index in [4.69, 9.17) is 4.74 Å². The van der Waals surface area contributed by atoms with Crippen molar-refractivity contribution in [1.82, 2.24) is 15.1 Å². The minimum atomic E-state index is -0.275. The fourth-order valence-corrected chi connectivity index (χ4v) is 3.29. The normalized spacial score (nSPS) is 24.5. The third-order valence-electron chi connectivity index (χ3n) is 4.74. The number of ketones is 1. The lowest BCUT2D eigenvalue weighted by molar-refractivity contribution is 0.0185. The maximum Gasteiger partial charge on any atom is 0.190 e. The van der Waals surface area contributed by atoms with Crippen molar-refractivity contribution in [2.24, 2.45) is 0 Å². The summed E-state index contributed by atoms with van der Waals surface area (Å²) >= 11 is 0. The number of ether oxygens (including phenoxy) is 1. The van der Waals surface area contributed by atoms with E-state index in [1.54, 1.807) is 0 Å². The molecule has 3 heterocycles. The van der Waals surface area contributed by atoms with Crippen molar-refractivity contribution in [2.45, 2.75) is 50.2 Å². The number of hydrogen-bond acceptors (Lipinski definition) is 4. The molecule has 0 bridgehead atoms. The molecule has 1 spiro atoms. The predicted octanol–water partition coefficient (Wildman–Crippen LogP) is 2.12. The van der Waals surface area contributed by atoms with Crippen molar-refractivity contribution in [3.8, 4) is 5.75 Å². The molecule has 110 valence electrons. The highest BCUT2D eigenvalue weighted by Crippen LogP contribution is 2.40. The van der Waals surface area contributed by atoms with Gasteiger partial charge in [0.15, 0.2) is 17.2 Å². The van der Waals surface area contributed by atoms with Crippen LogP contribution in [0.2, 0.25) is 0 Å². The zero-order chi connectivity index (χ0) is 12.9. The van der Waals surface area contributed by atoms with Crippen molar-refractivity contribution in [2.75, 3.05) is 13.1 Å². The third-order valence-corrected chi connectivity index (χ3v) is 4.74. The van der Waals surface area contributed by atoms with Crippen LogP contribution in [0.15, 0.2) is 6.20 Å². The van der Waals surface area contributed by atoms with Gasteiger partial charge in [0.2, 0.25) is 0 Å². The highest BCUT2D eigenvalue weighted by atomic mass is 35.5. The maximum absolute atomic E-state index is 12.3. The molecule has 1 saturated carbocycles. The minimum Gasteiger partial charge on any atom is -0.483 e. The average molecular weight is 298 g/mol. The van der Waals surface area contributed by atoms with Gasteiger partial charge < -0.3 is 10.1 Å². The number of rotatable bonds is 1. The van der Waals surface area contributed by atoms with E-state index in [1.165, 1.54) is 19.3 Å². The molecule has 5 nitrogen and oxygen atoms in total. The fourth-order valence-electron chi connectivity index (χ4n) is 3.29. The molecule has 0 atom stereocenters. The molecule has 0 aromatic carbocycles. The second kappa shape index (κ2) is 5.04. The van der Waals surface area contributed by atoms with Gasteiger partial charge in [0.05, 0.1) is 18.7 Å². The monoisotopic (exact) mass is 297 g/mol. The molecule has 4 rings (SSSR count). The van der Waals surface area contributed by atoms with Crippen LogP contribution in [0.4, 0.5) is 0 Å². The van der Waals surface area contributed by atoms with Crippen molar-refractivity contribution in [3.05, 3.63) is 11.9 Å². The van der Waals surface area contributed by atoms with E-state index in [0.29, 0.717) is 23.9 Å². The number of nitrogens with one attached hydrogen (secondary N) is 1. The Morgan fingerprint density at radius 1 is 1.35 bits per heavy atom. The summed E-state index contributed by atoms with van der Waals surface area (Å²) < 4.78 is 8.14. The molecule has 2 fully saturated rings. The molecule has 1 aliphatic carbocycles. The number of aromatic nitrogens is 2. The van der Waals surface area contributed by atoms with Gasteiger partial charge in [-0.1, -0.05) is 0 Å². The molecule has 20 heavy (non-hydrogen) atoms. The topological polar surface area (TPSA) is 56.1 Å². The second-order valence-electron chi connectivity index (χ2n) is 6.04. The van der Waals surface area contributed by atoms with Gasteiger partial charge in [-0.05, 0) is 32.4 Å². The first-order chi connectivity index (χ1) is 9.26. The lowest BCUT2D eigenvalue weighted by Gasteiger charge is -2.39. The Morgan fingerprint density at radius 2 is 2.10 bits per heavy atom. The summed E-state index contributed by atoms with van der Waals surface area (Å²) in [6, 6.07) is 0.478. The minimum absolute atomic E-state index is 0. The second-order valence-corrected chi connectivity index (χ2v) is 6.04. The molecule has 2 aliphatic heterocycles. The van der Waals surface area contributed by atoms with E-state index in [2.05, 4.69) is 10.4 Å². The van der Waals surface area contributed by atoms with E-state index in [9.17, 15) is 4.79 Å². The summed E-state index contributed by atoms with van der Waals surface area (Å²) in [6.45, 7) is 1.86. The summed E-state index contributed by atoms with van der Waals surface area (Å²) in [4.78, 5) is 12.3. The summed E-state index contributed by atoms with van der Waals surface area (Å²) in [7, 11) is 0. The molecular weight excluding hydrogens is 278 g/mol. The zero-order valence-electron chi connectivity index (χ0n) is 11.4. The van der Waals surface area contributed by atoms with Crippen molar-refractivity contribution in [1.29, 1.82) is 0 Å². The Balaban J connectivity index is 0.00000121. The molecule has 1 saturated heterocycles. The van der Waals surface area contributed by atoms with Crippen LogP contribution >= 0.6 is 12.4 Å². The van der Waals surface area contributed by atoms with E-state index >= 15 is 0 Å². The molecule has 6 heteroatoms. The standard InChI is InChI=1S/C14H19N3O2.ClH/c18-11-8-14(4-6-15-7-5-14)19-12-9-17(16-13(11)12)10-2-1-3-10;/h9-10,15H,1-8H2;1H. The van der Waals surface area contributed by atoms with Crippen LogP contribution in [0.25, 0.3) is 0 Å². The molecule has 3 aliphatic rings. The van der Waals surface area contributed by atoms with E-state index in [-0.39, 0.29) is 23.8 Å². The highest BCUT2D eigenvalue weighted by molar-refractivity contribution is 5.98. The van der Waals surface area contributed by atoms with E-state index < -0.39 is 0 Å². The maximum atomic E-state index is 12.3. The Hall–Kier alpha value is -1.07. The number of fused-ring (bicyclic) bond motifs is 1. The number of nitrogens with zero attached hydrogens (tertiary/aromatic N) is 2. The van der Waals surface area contributed by atoms with Crippen LogP contribution in [0.5, 0.6) is 5.75 Å². The molecule has 1 aromatic heterocycles. The van der Waals surface area contributed by atoms with Gasteiger partial charge in [-0.3, -0.25) is 9.48 Å². The van der Waals surface area contributed by atoms with Crippen LogP contribution < -0.4 is 10.1 Å². The van der Waals surface area contributed by atoms with Gasteiger partial charge in [0.1, 0.15) is 5.60 Å². The van der Waals surface area contributed by atoms with Gasteiger partial charge in [-0.15, -0.1) is 12.4 Å². The van der Waals surface area contributed by atoms with Gasteiger partial charge in [0.25, 0.3) is 0 Å². The van der Waals surface area contributed by atoms with Crippen LogP contribution in [-0.4, -0.2) is 34.3 Å². The SMILES string of the molecule is Cl.O=C1CC2(CCNCC2)Oc2cn(C3CCC3)nc21. The van der Waals surface area contributed by atoms with Crippen LogP contribution in [0, 0.1) is 0 Å². The lowest BCUT2D eigenvalue weighted by atomic mass is 9.84. The molecule has 0 radical (unpaired) electrons. The number of carbonyl (C=O) groups is 1. The van der Waals surface area contributed by atoms with Crippen LogP contribution in [0.1, 0.15) is 55.1 Å². The summed E-state index contributed by atoms with van der Waals surface area (Å²) in [5, 5.41) is 7.78. The predicted molar refractivity (Wildman–Crippen MR) is 76.8 cm³/mol. The Morgan fingerprint density at radius 3 is 2.75 bits per heavy atom. The van der Waals surface area contributed by atoms with E-state index in [1.807, 2.05) is 10.9 Å². The van der Waals surface area contributed by atoms with Crippen LogP contribution in [0.3, 0.4) is 0 Å². The van der Waals surface area contributed by atoms with Crippen LogP contribution in [-0.2, 0) is 0 Å². The summed E-state index contributed by atoms with van der Waals surface area (Å²) in [5.41, 5.74) is 0.277. The molecule has 0 unspecified atom stereocenters. The molecule has 0 amide bonds. The first-order valence-electron chi connectivity index (χ1n) is 7.28. The summed E-state index contributed by atoms with van der Waals surface area (Å²) in [5.74, 6) is 0.867. The quantitative estimate of drug-likeness (QED) is 0.862. The van der Waals surface area contributed by atoms with Gasteiger partial charge in [-0.25, -0.2) is 0 Å². The average Bonchev–Trinajstić information content (AvgIpc) is 2.71. The first-order valence-corrected chi connectivity index (χ1v) is 7.28. The largest absolute Gasteiger partial charge is 0.483 e. The van der Waals surface area contributed by atoms with Gasteiger partial charge in [0, 0.05) is 12.8 Å². The smallest absolute Gasteiger partial charge is 0.190 e. The number of Topliss-reactive ketones (excluding diaryl/α,β-unsaturated/α-hetero) is 1. The van der Waals surface area contributed by atoms with Gasteiger partial charge in [-0.2, -0.15) is 5.10 Å². The number of carbonyl (C=O) groups excluding carboxylic acids is 1. The Kier molecular flexibility index (Phi) is 3.50. The highest BCUT2D eigenvalue weighted by Gasteiger charge is 2.43. The molecular formula is C14H20ClN3O2. The van der Waals surface area contributed by atoms with Crippen molar-refractivity contribution in [3.63, 3.8) is 0 Å². The number of piperidine rings is 1. The summed E-state index contributed by atoms with van der Waals surface area (Å²) in [6.07, 6.45) is 7.86. The fraction of sp³-hybridized carbons (Fsp3) is 0.714. The van der Waals surface area contributed by atoms with Gasteiger partial charge >= 0.3 is 0 Å². The lowest BCUT2D eigenvalue weighted by Crippen LogP contribution is -2.49. The first kappa shape index (κ1) is 13.9.